The molecule has 4 nitrogen and oxygen atoms in total. The van der Waals surface area contributed by atoms with Gasteiger partial charge in [-0.25, -0.2) is 0 Å². The SMILES string of the molecule is CCN1CCN(C(CNC(=O)CCc2cccs2)c2ccccc2)CC1. The van der Waals surface area contributed by atoms with Crippen molar-refractivity contribution in [3.05, 3.63) is 58.3 Å². The van der Waals surface area contributed by atoms with Crippen LogP contribution in [0.25, 0.3) is 0 Å². The Morgan fingerprint density at radius 3 is 2.54 bits per heavy atom. The molecule has 3 rings (SSSR count). The molecule has 5 heteroatoms. The number of carbonyl (C=O) groups is 1. The Balaban J connectivity index is 1.56. The maximum Gasteiger partial charge on any atom is 0.220 e. The highest BCUT2D eigenvalue weighted by molar-refractivity contribution is 7.09. The Bertz CT molecular complexity index is 651. The fourth-order valence-corrected chi connectivity index (χ4v) is 4.22. The molecule has 1 fully saturated rings. The van der Waals surface area contributed by atoms with Gasteiger partial charge in [-0.1, -0.05) is 43.3 Å². The van der Waals surface area contributed by atoms with Crippen molar-refractivity contribution < 1.29 is 4.79 Å². The van der Waals surface area contributed by atoms with Crippen molar-refractivity contribution in [3.63, 3.8) is 0 Å². The van der Waals surface area contributed by atoms with E-state index in [1.165, 1.54) is 10.4 Å². The van der Waals surface area contributed by atoms with Gasteiger partial charge in [-0.15, -0.1) is 11.3 Å². The number of likely N-dealkylation sites (N-methyl/N-ethyl adjacent to an activating group) is 1. The molecule has 1 aliphatic heterocycles. The minimum absolute atomic E-state index is 0.145. The number of hydrogen-bond donors (Lipinski definition) is 1. The third-order valence-corrected chi connectivity index (χ3v) is 6.09. The largest absolute Gasteiger partial charge is 0.354 e. The summed E-state index contributed by atoms with van der Waals surface area (Å²) in [5.41, 5.74) is 1.29. The molecule has 0 aliphatic carbocycles. The van der Waals surface area contributed by atoms with Crippen LogP contribution in [0.2, 0.25) is 0 Å². The minimum atomic E-state index is 0.145. The van der Waals surface area contributed by atoms with E-state index in [1.807, 2.05) is 6.07 Å². The van der Waals surface area contributed by atoms with E-state index < -0.39 is 0 Å². The van der Waals surface area contributed by atoms with Crippen LogP contribution in [0.1, 0.15) is 29.8 Å². The molecule has 1 saturated heterocycles. The first kappa shape index (κ1) is 19.1. The van der Waals surface area contributed by atoms with Crippen molar-refractivity contribution >= 4 is 17.2 Å². The van der Waals surface area contributed by atoms with Gasteiger partial charge in [-0.2, -0.15) is 0 Å². The van der Waals surface area contributed by atoms with Crippen molar-refractivity contribution in [2.75, 3.05) is 39.3 Å². The molecule has 1 aliphatic rings. The number of thiophene rings is 1. The van der Waals surface area contributed by atoms with Crippen LogP contribution in [0, 0.1) is 0 Å². The van der Waals surface area contributed by atoms with Crippen molar-refractivity contribution in [1.82, 2.24) is 15.1 Å². The van der Waals surface area contributed by atoms with Gasteiger partial charge in [0.2, 0.25) is 5.91 Å². The van der Waals surface area contributed by atoms with E-state index >= 15 is 0 Å². The zero-order chi connectivity index (χ0) is 18.2. The number of hydrogen-bond acceptors (Lipinski definition) is 4. The maximum absolute atomic E-state index is 12.3. The summed E-state index contributed by atoms with van der Waals surface area (Å²) >= 11 is 1.72. The van der Waals surface area contributed by atoms with E-state index in [1.54, 1.807) is 11.3 Å². The summed E-state index contributed by atoms with van der Waals surface area (Å²) in [5.74, 6) is 0.145. The molecule has 26 heavy (non-hydrogen) atoms. The highest BCUT2D eigenvalue weighted by Crippen LogP contribution is 2.21. The highest BCUT2D eigenvalue weighted by atomic mass is 32.1. The average molecular weight is 372 g/mol. The number of carbonyl (C=O) groups excluding carboxylic acids is 1. The van der Waals surface area contributed by atoms with Crippen LogP contribution in [0.15, 0.2) is 47.8 Å². The van der Waals surface area contributed by atoms with E-state index in [0.29, 0.717) is 13.0 Å². The first-order valence-corrected chi connectivity index (χ1v) is 10.4. The zero-order valence-electron chi connectivity index (χ0n) is 15.6. The Labute approximate surface area is 160 Å². The normalized spacial score (nSPS) is 17.1. The van der Waals surface area contributed by atoms with Gasteiger partial charge >= 0.3 is 0 Å². The van der Waals surface area contributed by atoms with Crippen molar-refractivity contribution in [3.8, 4) is 0 Å². The second kappa shape index (κ2) is 9.86. The van der Waals surface area contributed by atoms with Gasteiger partial charge < -0.3 is 10.2 Å². The highest BCUT2D eigenvalue weighted by Gasteiger charge is 2.24. The van der Waals surface area contributed by atoms with Crippen LogP contribution in [0.3, 0.4) is 0 Å². The fourth-order valence-electron chi connectivity index (χ4n) is 3.51. The Morgan fingerprint density at radius 1 is 1.12 bits per heavy atom. The number of aryl methyl sites for hydroxylation is 1. The summed E-state index contributed by atoms with van der Waals surface area (Å²) < 4.78 is 0. The zero-order valence-corrected chi connectivity index (χ0v) is 16.4. The molecule has 1 atom stereocenters. The van der Waals surface area contributed by atoms with Crippen LogP contribution in [0.5, 0.6) is 0 Å². The summed E-state index contributed by atoms with van der Waals surface area (Å²) in [6, 6.07) is 15.0. The molecular weight excluding hydrogens is 342 g/mol. The van der Waals surface area contributed by atoms with Crippen molar-refractivity contribution in [2.24, 2.45) is 0 Å². The molecule has 1 unspecified atom stereocenters. The third kappa shape index (κ3) is 5.40. The lowest BCUT2D eigenvalue weighted by Crippen LogP contribution is -2.49. The Morgan fingerprint density at radius 2 is 1.88 bits per heavy atom. The molecule has 1 N–H and O–H groups in total. The molecule has 2 heterocycles. The lowest BCUT2D eigenvalue weighted by Gasteiger charge is -2.39. The van der Waals surface area contributed by atoms with Crippen LogP contribution in [-0.4, -0.2) is 55.0 Å². The summed E-state index contributed by atoms with van der Waals surface area (Å²) in [5, 5.41) is 5.24. The minimum Gasteiger partial charge on any atom is -0.354 e. The number of rotatable bonds is 8. The van der Waals surface area contributed by atoms with Gasteiger partial charge in [0.15, 0.2) is 0 Å². The topological polar surface area (TPSA) is 35.6 Å². The smallest absolute Gasteiger partial charge is 0.220 e. The molecule has 1 amide bonds. The first-order chi connectivity index (χ1) is 12.8. The van der Waals surface area contributed by atoms with E-state index in [-0.39, 0.29) is 11.9 Å². The number of benzene rings is 1. The van der Waals surface area contributed by atoms with E-state index in [9.17, 15) is 4.79 Å². The van der Waals surface area contributed by atoms with Crippen molar-refractivity contribution in [1.29, 1.82) is 0 Å². The van der Waals surface area contributed by atoms with Crippen LogP contribution < -0.4 is 5.32 Å². The van der Waals surface area contributed by atoms with E-state index in [0.717, 1.165) is 39.1 Å². The lowest BCUT2D eigenvalue weighted by atomic mass is 10.0. The molecule has 1 aromatic heterocycles. The summed E-state index contributed by atoms with van der Waals surface area (Å²) in [7, 11) is 0. The number of nitrogens with zero attached hydrogens (tertiary/aromatic N) is 2. The van der Waals surface area contributed by atoms with Gasteiger partial charge in [0.1, 0.15) is 0 Å². The van der Waals surface area contributed by atoms with Crippen LogP contribution >= 0.6 is 11.3 Å². The van der Waals surface area contributed by atoms with Gasteiger partial charge in [0.25, 0.3) is 0 Å². The summed E-state index contributed by atoms with van der Waals surface area (Å²) in [4.78, 5) is 18.6. The molecule has 0 bridgehead atoms. The molecule has 140 valence electrons. The van der Waals surface area contributed by atoms with Gasteiger partial charge in [-0.3, -0.25) is 9.69 Å². The molecular formula is C21H29N3OS. The molecule has 0 saturated carbocycles. The number of amides is 1. The molecule has 2 aromatic rings. The second-order valence-corrected chi connectivity index (χ2v) is 7.81. The van der Waals surface area contributed by atoms with Gasteiger partial charge in [0.05, 0.1) is 6.04 Å². The van der Waals surface area contributed by atoms with Gasteiger partial charge in [0, 0.05) is 44.0 Å². The third-order valence-electron chi connectivity index (χ3n) is 5.15. The van der Waals surface area contributed by atoms with E-state index in [2.05, 4.69) is 63.8 Å². The Hall–Kier alpha value is -1.69. The van der Waals surface area contributed by atoms with Gasteiger partial charge in [-0.05, 0) is 30.0 Å². The average Bonchev–Trinajstić information content (AvgIpc) is 3.21. The van der Waals surface area contributed by atoms with Crippen LogP contribution in [0.4, 0.5) is 0 Å². The van der Waals surface area contributed by atoms with Crippen LogP contribution in [-0.2, 0) is 11.2 Å². The first-order valence-electron chi connectivity index (χ1n) is 9.56. The predicted octanol–water partition coefficient (Wildman–Crippen LogP) is 3.18. The summed E-state index contributed by atoms with van der Waals surface area (Å²) in [6.45, 7) is 8.33. The molecule has 0 radical (unpaired) electrons. The van der Waals surface area contributed by atoms with E-state index in [4.69, 9.17) is 0 Å². The number of piperazine rings is 1. The maximum atomic E-state index is 12.3. The quantitative estimate of drug-likeness (QED) is 0.774. The second-order valence-electron chi connectivity index (χ2n) is 6.78. The fraction of sp³-hybridized carbons (Fsp3) is 0.476. The number of nitrogens with one attached hydrogen (secondary N) is 1. The predicted molar refractivity (Wildman–Crippen MR) is 109 cm³/mol. The lowest BCUT2D eigenvalue weighted by molar-refractivity contribution is -0.121. The monoisotopic (exact) mass is 371 g/mol. The molecule has 0 spiro atoms. The Kier molecular flexibility index (Phi) is 7.23. The standard InChI is InChI=1S/C21H29N3OS/c1-2-23-12-14-24(15-13-23)20(18-7-4-3-5-8-18)17-22-21(25)11-10-19-9-6-16-26-19/h3-9,16,20H,2,10-15,17H2,1H3,(H,22,25). The summed E-state index contributed by atoms with van der Waals surface area (Å²) in [6.07, 6.45) is 1.39. The van der Waals surface area contributed by atoms with Crippen molar-refractivity contribution in [2.45, 2.75) is 25.8 Å². The molecule has 1 aromatic carbocycles.